The van der Waals surface area contributed by atoms with E-state index in [1.54, 1.807) is 6.92 Å². The maximum atomic E-state index is 11.8. The van der Waals surface area contributed by atoms with Crippen LogP contribution in [0.1, 0.15) is 6.92 Å². The van der Waals surface area contributed by atoms with Gasteiger partial charge in [0.1, 0.15) is 0 Å². The molecule has 0 amide bonds. The second-order valence-electron chi connectivity index (χ2n) is 4.72. The Bertz CT molecular complexity index is 401. The number of para-hydroxylation sites is 1. The van der Waals surface area contributed by atoms with Crippen molar-refractivity contribution in [2.24, 2.45) is 0 Å². The summed E-state index contributed by atoms with van der Waals surface area (Å²) in [4.78, 5) is 11.8. The summed E-state index contributed by atoms with van der Waals surface area (Å²) in [5.41, 5.74) is 0. The van der Waals surface area contributed by atoms with Crippen LogP contribution in [0.15, 0.2) is 24.3 Å². The summed E-state index contributed by atoms with van der Waals surface area (Å²) in [6.07, 6.45) is -0.572. The van der Waals surface area contributed by atoms with Gasteiger partial charge in [0.15, 0.2) is 0 Å². The molecule has 17 heavy (non-hydrogen) atoms. The zero-order valence-electron chi connectivity index (χ0n) is 10.5. The molecule has 0 spiro atoms. The third kappa shape index (κ3) is 5.21. The van der Waals surface area contributed by atoms with E-state index in [0.29, 0.717) is 5.75 Å². The van der Waals surface area contributed by atoms with Crippen molar-refractivity contribution in [1.29, 1.82) is 0 Å². The molecule has 1 aromatic carbocycles. The summed E-state index contributed by atoms with van der Waals surface area (Å²) in [5, 5.41) is 0. The first kappa shape index (κ1) is 14.7. The molecule has 0 radical (unpaired) electrons. The van der Waals surface area contributed by atoms with Gasteiger partial charge in [-0.2, -0.15) is 0 Å². The molecule has 0 aliphatic rings. The Morgan fingerprint density at radius 2 is 1.88 bits per heavy atom. The van der Waals surface area contributed by atoms with Crippen LogP contribution in [0, 0.1) is 3.57 Å². The van der Waals surface area contributed by atoms with E-state index in [-0.39, 0.29) is 5.97 Å². The maximum absolute atomic E-state index is 11.8. The molecule has 1 unspecified atom stereocenters. The standard InChI is InChI=1S/C12H18IO3P/c1-9(12(14)16-17(2,3)4)15-11-8-6-5-7-10(11)13/h5-9,17H,1-4H3. The van der Waals surface area contributed by atoms with Crippen LogP contribution >= 0.6 is 30.1 Å². The molecule has 0 aromatic heterocycles. The minimum atomic E-state index is -1.85. The van der Waals surface area contributed by atoms with Crippen molar-refractivity contribution >= 4 is 36.0 Å². The topological polar surface area (TPSA) is 35.5 Å². The first-order valence-corrected chi connectivity index (χ1v) is 9.92. The van der Waals surface area contributed by atoms with Crippen LogP contribution in [-0.4, -0.2) is 32.1 Å². The number of carbonyl (C=O) groups excluding carboxylic acids is 1. The molecule has 96 valence electrons. The normalized spacial score (nSPS) is 13.9. The Labute approximate surface area is 116 Å². The summed E-state index contributed by atoms with van der Waals surface area (Å²) in [5.74, 6) is 0.428. The fraction of sp³-hybridized carbons (Fsp3) is 0.417. The van der Waals surface area contributed by atoms with E-state index >= 15 is 0 Å². The number of halogens is 1. The third-order valence-electron chi connectivity index (χ3n) is 1.88. The molecule has 0 saturated carbocycles. The van der Waals surface area contributed by atoms with Gasteiger partial charge in [-0.3, -0.25) is 0 Å². The van der Waals surface area contributed by atoms with Crippen molar-refractivity contribution in [3.05, 3.63) is 27.8 Å². The van der Waals surface area contributed by atoms with Gasteiger partial charge in [-0.1, -0.05) is 0 Å². The predicted molar refractivity (Wildman–Crippen MR) is 81.4 cm³/mol. The number of hydrogen-bond donors (Lipinski definition) is 0. The second kappa shape index (κ2) is 6.01. The fourth-order valence-electron chi connectivity index (χ4n) is 1.16. The van der Waals surface area contributed by atoms with Crippen LogP contribution in [0.5, 0.6) is 5.75 Å². The van der Waals surface area contributed by atoms with E-state index in [1.165, 1.54) is 0 Å². The van der Waals surface area contributed by atoms with Crippen LogP contribution in [0.4, 0.5) is 0 Å². The van der Waals surface area contributed by atoms with Gasteiger partial charge in [0.05, 0.1) is 0 Å². The molecule has 0 aliphatic carbocycles. The van der Waals surface area contributed by atoms with Gasteiger partial charge >= 0.3 is 117 Å². The Morgan fingerprint density at radius 1 is 1.29 bits per heavy atom. The van der Waals surface area contributed by atoms with Crippen LogP contribution in [0.3, 0.4) is 0 Å². The van der Waals surface area contributed by atoms with Crippen LogP contribution < -0.4 is 4.74 Å². The summed E-state index contributed by atoms with van der Waals surface area (Å²) >= 11 is 2.18. The Morgan fingerprint density at radius 3 is 2.41 bits per heavy atom. The molecule has 0 bridgehead atoms. The minimum absolute atomic E-state index is 0.288. The van der Waals surface area contributed by atoms with Gasteiger partial charge in [0.25, 0.3) is 0 Å². The number of carbonyl (C=O) groups is 1. The average molecular weight is 368 g/mol. The third-order valence-corrected chi connectivity index (χ3v) is 3.58. The van der Waals surface area contributed by atoms with Crippen molar-refractivity contribution < 1.29 is 14.1 Å². The van der Waals surface area contributed by atoms with Gasteiger partial charge in [-0.25, -0.2) is 0 Å². The SMILES string of the molecule is CC(Oc1ccccc1I)C(=O)O[PH](C)(C)C. The first-order chi connectivity index (χ1) is 7.79. The molecule has 0 heterocycles. The van der Waals surface area contributed by atoms with E-state index in [1.807, 2.05) is 44.3 Å². The monoisotopic (exact) mass is 368 g/mol. The second-order valence-corrected chi connectivity index (χ2v) is 10.3. The molecular formula is C12H18IO3P. The molecule has 0 saturated heterocycles. The van der Waals surface area contributed by atoms with E-state index in [2.05, 4.69) is 22.6 Å². The number of hydrogen-bond acceptors (Lipinski definition) is 3. The number of ether oxygens (including phenoxy) is 1. The van der Waals surface area contributed by atoms with Crippen molar-refractivity contribution in [3.63, 3.8) is 0 Å². The van der Waals surface area contributed by atoms with Crippen LogP contribution in [-0.2, 0) is 9.32 Å². The molecule has 0 fully saturated rings. The van der Waals surface area contributed by atoms with Crippen molar-refractivity contribution in [1.82, 2.24) is 0 Å². The molecule has 5 heteroatoms. The van der Waals surface area contributed by atoms with E-state index in [0.717, 1.165) is 3.57 Å². The molecule has 0 N–H and O–H groups in total. The van der Waals surface area contributed by atoms with Crippen molar-refractivity contribution in [2.45, 2.75) is 13.0 Å². The predicted octanol–water partition coefficient (Wildman–Crippen LogP) is 3.16. The number of rotatable bonds is 4. The van der Waals surface area contributed by atoms with Gasteiger partial charge in [-0.05, 0) is 0 Å². The molecule has 1 rings (SSSR count). The van der Waals surface area contributed by atoms with E-state index in [9.17, 15) is 4.79 Å². The van der Waals surface area contributed by atoms with Crippen LogP contribution in [0.2, 0.25) is 0 Å². The molecule has 0 aliphatic heterocycles. The number of benzene rings is 1. The summed E-state index contributed by atoms with van der Waals surface area (Å²) in [6.45, 7) is 7.64. The summed E-state index contributed by atoms with van der Waals surface area (Å²) < 4.78 is 12.0. The zero-order valence-corrected chi connectivity index (χ0v) is 13.6. The first-order valence-electron chi connectivity index (χ1n) is 5.43. The van der Waals surface area contributed by atoms with Gasteiger partial charge in [0.2, 0.25) is 0 Å². The zero-order chi connectivity index (χ0) is 13.1. The molecule has 1 atom stereocenters. The molecule has 1 aromatic rings. The van der Waals surface area contributed by atoms with Crippen molar-refractivity contribution in [3.8, 4) is 5.75 Å². The molecule has 3 nitrogen and oxygen atoms in total. The quantitative estimate of drug-likeness (QED) is 0.605. The Hall–Kier alpha value is -0.350. The fourth-order valence-corrected chi connectivity index (χ4v) is 2.45. The van der Waals surface area contributed by atoms with Gasteiger partial charge < -0.3 is 0 Å². The van der Waals surface area contributed by atoms with Crippen LogP contribution in [0.25, 0.3) is 0 Å². The van der Waals surface area contributed by atoms with E-state index < -0.39 is 13.6 Å². The Balaban J connectivity index is 2.64. The molecular weight excluding hydrogens is 350 g/mol. The van der Waals surface area contributed by atoms with Gasteiger partial charge in [-0.15, -0.1) is 0 Å². The van der Waals surface area contributed by atoms with Crippen molar-refractivity contribution in [2.75, 3.05) is 20.0 Å². The average Bonchev–Trinajstić information content (AvgIpc) is 2.18. The Kier molecular flexibility index (Phi) is 5.20. The summed E-state index contributed by atoms with van der Waals surface area (Å²) in [6, 6.07) is 7.60. The van der Waals surface area contributed by atoms with Gasteiger partial charge in [0, 0.05) is 0 Å². The van der Waals surface area contributed by atoms with E-state index in [4.69, 9.17) is 9.26 Å². The summed E-state index contributed by atoms with van der Waals surface area (Å²) in [7, 11) is -1.85.